The molecule has 0 aliphatic heterocycles. The maximum absolute atomic E-state index is 13.9. The van der Waals surface area contributed by atoms with E-state index in [2.05, 4.69) is 71.1 Å². The lowest BCUT2D eigenvalue weighted by molar-refractivity contribution is 0.101. The smallest absolute Gasteiger partial charge is 0.242 e. The molecule has 2 heterocycles. The lowest BCUT2D eigenvalue weighted by Gasteiger charge is -2.23. The van der Waals surface area contributed by atoms with Gasteiger partial charge in [0.25, 0.3) is 0 Å². The van der Waals surface area contributed by atoms with E-state index >= 15 is 0 Å². The number of hydrogen-bond donors (Lipinski definition) is 0. The fourth-order valence-corrected chi connectivity index (χ4v) is 6.93. The fourth-order valence-electron chi connectivity index (χ4n) is 3.99. The second-order valence-corrected chi connectivity index (χ2v) is 21.6. The lowest BCUT2D eigenvalue weighted by atomic mass is 10.1. The zero-order chi connectivity index (χ0) is 27.8. The Bertz CT molecular complexity index is 1460. The molecule has 0 N–H and O–H groups in total. The van der Waals surface area contributed by atoms with Crippen LogP contribution in [0, 0.1) is 0 Å². The molecule has 0 saturated carbocycles. The zero-order valence-electron chi connectivity index (χ0n) is 22.2. The van der Waals surface area contributed by atoms with Gasteiger partial charge in [0.15, 0.2) is 0 Å². The molecule has 0 saturated heterocycles. The van der Waals surface area contributed by atoms with E-state index in [1.165, 1.54) is 0 Å². The van der Waals surface area contributed by atoms with E-state index in [0.29, 0.717) is 34.0 Å². The second-order valence-electron chi connectivity index (χ2n) is 10.9. The summed E-state index contributed by atoms with van der Waals surface area (Å²) in [6.45, 7) is 12.6. The molecule has 6 nitrogen and oxygen atoms in total. The number of benzene rings is 2. The van der Waals surface area contributed by atoms with Crippen LogP contribution in [0.3, 0.4) is 0 Å². The first-order valence-corrected chi connectivity index (χ1v) is 20.5. The predicted octanol–water partition coefficient (Wildman–Crippen LogP) is 8.02. The van der Waals surface area contributed by atoms with Gasteiger partial charge in [0.1, 0.15) is 22.9 Å². The van der Waals surface area contributed by atoms with Gasteiger partial charge in [-0.25, -0.2) is 0 Å². The molecule has 10 heteroatoms. The van der Waals surface area contributed by atoms with Crippen LogP contribution in [0.25, 0.3) is 0 Å². The van der Waals surface area contributed by atoms with Crippen molar-refractivity contribution in [2.24, 2.45) is 0 Å². The van der Waals surface area contributed by atoms with Gasteiger partial charge in [0.05, 0.1) is 0 Å². The third kappa shape index (κ3) is 6.85. The number of nitrogens with zero attached hydrogens (tertiary/aromatic N) is 2. The Kier molecular flexibility index (Phi) is 8.08. The highest BCUT2D eigenvalue weighted by molar-refractivity contribution is 9.11. The first kappa shape index (κ1) is 28.3. The molecular formula is C28H30Br2N2O4Si2. The van der Waals surface area contributed by atoms with Gasteiger partial charge >= 0.3 is 0 Å². The Morgan fingerprint density at radius 2 is 1.03 bits per heavy atom. The van der Waals surface area contributed by atoms with Gasteiger partial charge < -0.3 is 8.85 Å². The lowest BCUT2D eigenvalue weighted by Crippen LogP contribution is -2.30. The summed E-state index contributed by atoms with van der Waals surface area (Å²) < 4.78 is 17.5. The summed E-state index contributed by atoms with van der Waals surface area (Å²) in [6.07, 6.45) is 3.53. The molecule has 4 aromatic rings. The molecule has 4 rings (SSSR count). The molecule has 38 heavy (non-hydrogen) atoms. The molecule has 0 bridgehead atoms. The van der Waals surface area contributed by atoms with Gasteiger partial charge in [-0.05, 0) is 93.9 Å². The number of rotatable bonds is 9. The summed E-state index contributed by atoms with van der Waals surface area (Å²) in [6, 6.07) is 17.9. The predicted molar refractivity (Wildman–Crippen MR) is 163 cm³/mol. The van der Waals surface area contributed by atoms with Crippen molar-refractivity contribution in [1.29, 1.82) is 0 Å². The number of carbonyl (C=O) groups is 2. The van der Waals surface area contributed by atoms with Crippen molar-refractivity contribution in [3.8, 4) is 11.5 Å². The Labute approximate surface area is 242 Å². The van der Waals surface area contributed by atoms with Crippen LogP contribution in [-0.4, -0.2) is 37.6 Å². The summed E-state index contributed by atoms with van der Waals surface area (Å²) in [5.41, 5.74) is 1.83. The maximum Gasteiger partial charge on any atom is 0.242 e. The van der Waals surface area contributed by atoms with Crippen molar-refractivity contribution in [2.75, 3.05) is 0 Å². The molecule has 0 atom stereocenters. The Hall–Kier alpha value is -2.67. The van der Waals surface area contributed by atoms with Crippen LogP contribution < -0.4 is 8.85 Å². The average Bonchev–Trinajstić information content (AvgIpc) is 3.44. The highest BCUT2D eigenvalue weighted by Crippen LogP contribution is 2.29. The molecule has 2 aromatic carbocycles. The van der Waals surface area contributed by atoms with Crippen molar-refractivity contribution in [3.05, 3.63) is 105 Å². The highest BCUT2D eigenvalue weighted by atomic mass is 79.9. The van der Waals surface area contributed by atoms with Crippen LogP contribution in [0.15, 0.2) is 82.0 Å². The van der Waals surface area contributed by atoms with E-state index in [1.54, 1.807) is 70.3 Å². The summed E-state index contributed by atoms with van der Waals surface area (Å²) >= 11 is 6.90. The van der Waals surface area contributed by atoms with Crippen molar-refractivity contribution >= 4 is 60.1 Å². The minimum atomic E-state index is -1.93. The van der Waals surface area contributed by atoms with E-state index in [-0.39, 0.29) is 11.6 Å². The van der Waals surface area contributed by atoms with Gasteiger partial charge in [0, 0.05) is 38.5 Å². The van der Waals surface area contributed by atoms with Crippen molar-refractivity contribution in [1.82, 2.24) is 9.35 Å². The summed E-state index contributed by atoms with van der Waals surface area (Å²) in [7, 11) is -3.86. The van der Waals surface area contributed by atoms with Gasteiger partial charge in [-0.1, -0.05) is 31.9 Å². The van der Waals surface area contributed by atoms with Crippen molar-refractivity contribution < 1.29 is 18.4 Å². The molecule has 0 fully saturated rings. The topological polar surface area (TPSA) is 62.5 Å². The third-order valence-electron chi connectivity index (χ3n) is 5.27. The highest BCUT2D eigenvalue weighted by Gasteiger charge is 2.24. The van der Waals surface area contributed by atoms with Crippen LogP contribution in [0.1, 0.15) is 32.1 Å². The molecule has 2 aromatic heterocycles. The van der Waals surface area contributed by atoms with E-state index < -0.39 is 16.6 Å². The van der Waals surface area contributed by atoms with E-state index in [9.17, 15) is 9.59 Å². The van der Waals surface area contributed by atoms with Crippen molar-refractivity contribution in [3.63, 3.8) is 0 Å². The van der Waals surface area contributed by atoms with Gasteiger partial charge in [-0.3, -0.25) is 18.9 Å². The van der Waals surface area contributed by atoms with E-state index in [0.717, 1.165) is 8.95 Å². The van der Waals surface area contributed by atoms with E-state index in [1.807, 2.05) is 12.1 Å². The third-order valence-corrected chi connectivity index (χ3v) is 7.88. The zero-order valence-corrected chi connectivity index (χ0v) is 27.4. The second kappa shape index (κ2) is 10.8. The quantitative estimate of drug-likeness (QED) is 0.133. The van der Waals surface area contributed by atoms with Crippen molar-refractivity contribution in [2.45, 2.75) is 39.3 Å². The molecule has 0 aliphatic rings. The standard InChI is InChI=1S/C28H30Br2N2O4Si2/c1-37(2,3)35-23-15-20(16-24(18-23)36-38(4,5)6)28(34)26-10-8-12-32(26)31-11-7-9-25(31)27(33)19-13-21(29)17-22(30)14-19/h7-18H,1-6H3. The Balaban J connectivity index is 1.75. The van der Waals surface area contributed by atoms with Gasteiger partial charge in [0.2, 0.25) is 28.2 Å². The maximum atomic E-state index is 13.9. The number of halogens is 2. The Morgan fingerprint density at radius 1 is 0.632 bits per heavy atom. The van der Waals surface area contributed by atoms with Crippen LogP contribution in [0.2, 0.25) is 39.3 Å². The average molecular weight is 675 g/mol. The normalized spacial score (nSPS) is 11.9. The molecule has 0 aliphatic carbocycles. The van der Waals surface area contributed by atoms with E-state index in [4.69, 9.17) is 8.85 Å². The monoisotopic (exact) mass is 672 g/mol. The number of hydrogen-bond acceptors (Lipinski definition) is 4. The van der Waals surface area contributed by atoms with Crippen LogP contribution >= 0.6 is 31.9 Å². The van der Waals surface area contributed by atoms with Crippen LogP contribution in [0.5, 0.6) is 11.5 Å². The number of carbonyl (C=O) groups excluding carboxylic acids is 2. The molecule has 0 spiro atoms. The summed E-state index contributed by atoms with van der Waals surface area (Å²) in [5.74, 6) is 0.881. The molecule has 0 radical (unpaired) electrons. The number of aromatic nitrogens is 2. The fraction of sp³-hybridized carbons (Fsp3) is 0.214. The van der Waals surface area contributed by atoms with Crippen LogP contribution in [0.4, 0.5) is 0 Å². The molecular weight excluding hydrogens is 644 g/mol. The van der Waals surface area contributed by atoms with Crippen LogP contribution in [-0.2, 0) is 0 Å². The first-order valence-electron chi connectivity index (χ1n) is 12.1. The van der Waals surface area contributed by atoms with Gasteiger partial charge in [-0.15, -0.1) is 0 Å². The minimum absolute atomic E-state index is 0.166. The first-order chi connectivity index (χ1) is 17.7. The Morgan fingerprint density at radius 3 is 1.42 bits per heavy atom. The SMILES string of the molecule is C[Si](C)(C)Oc1cc(O[Si](C)(C)C)cc(C(=O)c2cccn2-n2cccc2C(=O)c2cc(Br)cc(Br)c2)c1. The molecule has 0 unspecified atom stereocenters. The largest absolute Gasteiger partial charge is 0.544 e. The number of ketones is 2. The molecule has 198 valence electrons. The van der Waals surface area contributed by atoms with Gasteiger partial charge in [-0.2, -0.15) is 0 Å². The summed E-state index contributed by atoms with van der Waals surface area (Å²) in [4.78, 5) is 27.3. The summed E-state index contributed by atoms with van der Waals surface area (Å²) in [5, 5.41) is 0. The minimum Gasteiger partial charge on any atom is -0.544 e. The molecule has 0 amide bonds.